The Labute approximate surface area is 150 Å². The van der Waals surface area contributed by atoms with Crippen molar-refractivity contribution in [2.75, 3.05) is 12.4 Å². The lowest BCUT2D eigenvalue weighted by atomic mass is 10.0. The highest BCUT2D eigenvalue weighted by molar-refractivity contribution is 5.85. The molecule has 5 heteroatoms. The number of nitrogen functional groups attached to an aromatic ring is 1. The maximum absolute atomic E-state index is 9.60. The molecule has 5 N–H and O–H groups in total. The second kappa shape index (κ2) is 11.2. The quantitative estimate of drug-likeness (QED) is 0.797. The van der Waals surface area contributed by atoms with Gasteiger partial charge in [-0.15, -0.1) is 0 Å². The van der Waals surface area contributed by atoms with E-state index in [9.17, 15) is 5.11 Å². The van der Waals surface area contributed by atoms with Gasteiger partial charge in [0.15, 0.2) is 0 Å². The number of hydrogen-bond donors (Lipinski definition) is 2. The second-order valence-electron chi connectivity index (χ2n) is 5.10. The number of nitrogens with zero attached hydrogens (tertiary/aromatic N) is 1. The first-order valence-corrected chi connectivity index (χ1v) is 8.74. The molecule has 1 aromatic carbocycles. The number of phenols is 1. The summed E-state index contributed by atoms with van der Waals surface area (Å²) >= 11 is 0. The van der Waals surface area contributed by atoms with Crippen LogP contribution in [0, 0.1) is 0 Å². The van der Waals surface area contributed by atoms with Crippen molar-refractivity contribution in [3.63, 3.8) is 0 Å². The van der Waals surface area contributed by atoms with E-state index in [2.05, 4.69) is 6.58 Å². The van der Waals surface area contributed by atoms with Gasteiger partial charge in [0.05, 0.1) is 5.52 Å². The van der Waals surface area contributed by atoms with E-state index in [1.54, 1.807) is 16.8 Å². The van der Waals surface area contributed by atoms with Gasteiger partial charge in [0, 0.05) is 11.6 Å². The zero-order chi connectivity index (χ0) is 18.1. The minimum atomic E-state index is 0. The third kappa shape index (κ3) is 5.57. The molecule has 0 saturated carbocycles. The number of rotatable bonds is 5. The molecule has 0 fully saturated rings. The summed E-state index contributed by atoms with van der Waals surface area (Å²) in [4.78, 5) is 0. The highest BCUT2D eigenvalue weighted by Gasteiger charge is 2.12. The zero-order valence-corrected chi connectivity index (χ0v) is 15.8. The molecule has 2 heterocycles. The SMILES string of the molecule is C=C(CCCc1cn(N)c2ccc(O)cc12)C1=CCO1.CC.CC.O. The summed E-state index contributed by atoms with van der Waals surface area (Å²) in [5.41, 5.74) is 3.13. The Morgan fingerprint density at radius 2 is 1.92 bits per heavy atom. The molecule has 140 valence electrons. The van der Waals surface area contributed by atoms with Crippen molar-refractivity contribution in [3.05, 3.63) is 53.9 Å². The monoisotopic (exact) mass is 348 g/mol. The molecule has 0 amide bonds. The lowest BCUT2D eigenvalue weighted by Crippen LogP contribution is -2.06. The van der Waals surface area contributed by atoms with Crippen LogP contribution in [0.15, 0.2) is 48.4 Å². The van der Waals surface area contributed by atoms with E-state index in [1.165, 1.54) is 0 Å². The second-order valence-corrected chi connectivity index (χ2v) is 5.10. The van der Waals surface area contributed by atoms with Crippen LogP contribution in [0.25, 0.3) is 10.9 Å². The van der Waals surface area contributed by atoms with Crippen LogP contribution in [0.2, 0.25) is 0 Å². The van der Waals surface area contributed by atoms with Gasteiger partial charge in [-0.05, 0) is 54.7 Å². The Morgan fingerprint density at radius 1 is 1.28 bits per heavy atom. The molecule has 0 spiro atoms. The number of phenolic OH excluding ortho intramolecular Hbond substituents is 1. The van der Waals surface area contributed by atoms with Crippen LogP contribution < -0.4 is 5.84 Å². The molecule has 1 aromatic heterocycles. The predicted octanol–water partition coefficient (Wildman–Crippen LogP) is 4.08. The molecule has 0 atom stereocenters. The molecule has 0 saturated heterocycles. The summed E-state index contributed by atoms with van der Waals surface area (Å²) in [5, 5.41) is 10.6. The molecule has 3 rings (SSSR count). The fourth-order valence-electron chi connectivity index (χ4n) is 2.54. The number of aromatic nitrogens is 1. The van der Waals surface area contributed by atoms with Gasteiger partial charge < -0.3 is 21.2 Å². The fraction of sp³-hybridized carbons (Fsp3) is 0.400. The van der Waals surface area contributed by atoms with Crippen molar-refractivity contribution >= 4 is 10.9 Å². The molecule has 0 bridgehead atoms. The molecule has 1 aliphatic rings. The van der Waals surface area contributed by atoms with Gasteiger partial charge in [-0.2, -0.15) is 0 Å². The zero-order valence-electron chi connectivity index (χ0n) is 15.8. The van der Waals surface area contributed by atoms with Crippen molar-refractivity contribution in [2.24, 2.45) is 0 Å². The van der Waals surface area contributed by atoms with E-state index < -0.39 is 0 Å². The van der Waals surface area contributed by atoms with Crippen molar-refractivity contribution < 1.29 is 15.3 Å². The van der Waals surface area contributed by atoms with E-state index in [1.807, 2.05) is 46.0 Å². The van der Waals surface area contributed by atoms with Crippen LogP contribution in [0.5, 0.6) is 5.75 Å². The molecule has 1 aliphatic heterocycles. The van der Waals surface area contributed by atoms with E-state index in [0.29, 0.717) is 6.61 Å². The van der Waals surface area contributed by atoms with Crippen LogP contribution in [-0.4, -0.2) is 21.9 Å². The van der Waals surface area contributed by atoms with Gasteiger partial charge in [-0.25, -0.2) is 0 Å². The van der Waals surface area contributed by atoms with E-state index >= 15 is 0 Å². The largest absolute Gasteiger partial charge is 0.508 e. The normalized spacial score (nSPS) is 11.4. The molecular formula is C20H32N2O3. The van der Waals surface area contributed by atoms with E-state index in [-0.39, 0.29) is 11.2 Å². The van der Waals surface area contributed by atoms with Gasteiger partial charge in [0.25, 0.3) is 0 Å². The van der Waals surface area contributed by atoms with Crippen molar-refractivity contribution in [1.29, 1.82) is 0 Å². The van der Waals surface area contributed by atoms with Gasteiger partial charge in [-0.3, -0.25) is 4.68 Å². The Hall–Kier alpha value is -2.40. The maximum atomic E-state index is 9.60. The molecule has 2 aromatic rings. The highest BCUT2D eigenvalue weighted by atomic mass is 16.5. The Kier molecular flexibility index (Phi) is 10.1. The first-order valence-electron chi connectivity index (χ1n) is 8.74. The average Bonchev–Trinajstić information content (AvgIpc) is 2.85. The number of aromatic hydroxyl groups is 1. The lowest BCUT2D eigenvalue weighted by molar-refractivity contribution is 0.205. The highest BCUT2D eigenvalue weighted by Crippen LogP contribution is 2.27. The van der Waals surface area contributed by atoms with Crippen LogP contribution in [0.4, 0.5) is 0 Å². The standard InChI is InChI=1S/C16H18N2O2.2C2H6.H2O/c1-11(16-7-8-20-16)3-2-4-12-10-18(17)15-6-5-13(19)9-14(12)15;2*1-2;/h5-7,9-10,19H,1-4,8,17H2;2*1-2H3;1H2. The maximum Gasteiger partial charge on any atom is 0.121 e. The van der Waals surface area contributed by atoms with Gasteiger partial charge in [-0.1, -0.05) is 34.3 Å². The first-order chi connectivity index (χ1) is 11.6. The minimum absolute atomic E-state index is 0. The summed E-state index contributed by atoms with van der Waals surface area (Å²) in [6.07, 6.45) is 6.75. The smallest absolute Gasteiger partial charge is 0.121 e. The first kappa shape index (κ1) is 22.6. The molecule has 5 nitrogen and oxygen atoms in total. The number of hydrogen-bond acceptors (Lipinski definition) is 3. The lowest BCUT2D eigenvalue weighted by Gasteiger charge is -2.18. The summed E-state index contributed by atoms with van der Waals surface area (Å²) in [7, 11) is 0. The molecule has 0 aliphatic carbocycles. The number of benzene rings is 1. The van der Waals surface area contributed by atoms with Crippen molar-refractivity contribution in [3.8, 4) is 5.75 Å². The van der Waals surface area contributed by atoms with E-state index in [0.717, 1.165) is 47.1 Å². The van der Waals surface area contributed by atoms with Crippen LogP contribution in [-0.2, 0) is 11.2 Å². The summed E-state index contributed by atoms with van der Waals surface area (Å²) < 4.78 is 6.90. The van der Waals surface area contributed by atoms with Gasteiger partial charge >= 0.3 is 0 Å². The topological polar surface area (TPSA) is 91.9 Å². The Bertz CT molecular complexity index is 702. The molecule has 0 unspecified atom stereocenters. The summed E-state index contributed by atoms with van der Waals surface area (Å²) in [6.45, 7) is 12.7. The van der Waals surface area contributed by atoms with Crippen LogP contribution in [0.1, 0.15) is 46.1 Å². The number of allylic oxidation sites excluding steroid dienone is 1. The Balaban J connectivity index is 0.00000108. The van der Waals surface area contributed by atoms with Crippen molar-refractivity contribution in [2.45, 2.75) is 47.0 Å². The average molecular weight is 348 g/mol. The van der Waals surface area contributed by atoms with Crippen LogP contribution in [0.3, 0.4) is 0 Å². The van der Waals surface area contributed by atoms with Crippen molar-refractivity contribution in [1.82, 2.24) is 4.68 Å². The van der Waals surface area contributed by atoms with E-state index in [4.69, 9.17) is 10.6 Å². The van der Waals surface area contributed by atoms with Gasteiger partial charge in [0.2, 0.25) is 0 Å². The number of fused-ring (bicyclic) bond motifs is 1. The van der Waals surface area contributed by atoms with Gasteiger partial charge in [0.1, 0.15) is 18.1 Å². The minimum Gasteiger partial charge on any atom is -0.508 e. The molecule has 25 heavy (non-hydrogen) atoms. The van der Waals surface area contributed by atoms with Crippen LogP contribution >= 0.6 is 0 Å². The molecule has 0 radical (unpaired) electrons. The number of aryl methyl sites for hydroxylation is 1. The molecular weight excluding hydrogens is 316 g/mol. The third-order valence-corrected chi connectivity index (χ3v) is 3.68. The predicted molar refractivity (Wildman–Crippen MR) is 106 cm³/mol. The number of nitrogens with two attached hydrogens (primary N) is 1. The third-order valence-electron chi connectivity index (χ3n) is 3.68. The Morgan fingerprint density at radius 3 is 2.48 bits per heavy atom. The number of ether oxygens (including phenoxy) is 1. The summed E-state index contributed by atoms with van der Waals surface area (Å²) in [5.74, 6) is 7.13. The fourth-order valence-corrected chi connectivity index (χ4v) is 2.54. The summed E-state index contributed by atoms with van der Waals surface area (Å²) in [6, 6.07) is 5.25.